The molecule has 1 atom stereocenters. The van der Waals surface area contributed by atoms with Crippen LogP contribution < -0.4 is 10.6 Å². The molecule has 2 amide bonds. The molecule has 0 saturated heterocycles. The first-order valence-corrected chi connectivity index (χ1v) is 6.53. The van der Waals surface area contributed by atoms with Crippen molar-refractivity contribution in [2.75, 3.05) is 12.4 Å². The maximum absolute atomic E-state index is 11.6. The number of urea groups is 1. The van der Waals surface area contributed by atoms with Crippen molar-refractivity contribution in [1.29, 1.82) is 0 Å². The van der Waals surface area contributed by atoms with Crippen molar-refractivity contribution in [2.45, 2.75) is 25.3 Å². The SMILES string of the molecule is O=C(NCCCl)NC1CCCc2ccccc21. The number of hydrogen-bond acceptors (Lipinski definition) is 1. The Morgan fingerprint density at radius 3 is 3.06 bits per heavy atom. The molecule has 0 radical (unpaired) electrons. The van der Waals surface area contributed by atoms with Crippen molar-refractivity contribution in [3.05, 3.63) is 35.4 Å². The van der Waals surface area contributed by atoms with Crippen LogP contribution in [-0.4, -0.2) is 18.5 Å². The predicted octanol–water partition coefficient (Wildman–Crippen LogP) is 2.60. The molecule has 0 aliphatic heterocycles. The Balaban J connectivity index is 2.01. The van der Waals surface area contributed by atoms with Crippen molar-refractivity contribution in [2.24, 2.45) is 0 Å². The monoisotopic (exact) mass is 252 g/mol. The second kappa shape index (κ2) is 5.92. The standard InChI is InChI=1S/C13H17ClN2O/c14-8-9-15-13(17)16-12-7-3-5-10-4-1-2-6-11(10)12/h1-2,4,6,12H,3,5,7-9H2,(H2,15,16,17). The first-order valence-electron chi connectivity index (χ1n) is 5.99. The molecule has 17 heavy (non-hydrogen) atoms. The van der Waals surface area contributed by atoms with Crippen LogP contribution in [0.15, 0.2) is 24.3 Å². The van der Waals surface area contributed by atoms with Gasteiger partial charge in [0.05, 0.1) is 6.04 Å². The van der Waals surface area contributed by atoms with Crippen molar-refractivity contribution < 1.29 is 4.79 Å². The molecule has 0 aromatic heterocycles. The van der Waals surface area contributed by atoms with Crippen molar-refractivity contribution in [3.63, 3.8) is 0 Å². The van der Waals surface area contributed by atoms with Gasteiger partial charge in [-0.2, -0.15) is 0 Å². The number of carbonyl (C=O) groups is 1. The fourth-order valence-corrected chi connectivity index (χ4v) is 2.37. The van der Waals surface area contributed by atoms with Crippen molar-refractivity contribution >= 4 is 17.6 Å². The Bertz CT molecular complexity index is 395. The Labute approximate surface area is 107 Å². The molecule has 0 bridgehead atoms. The van der Waals surface area contributed by atoms with Gasteiger partial charge in [-0.05, 0) is 30.4 Å². The summed E-state index contributed by atoms with van der Waals surface area (Å²) in [5.41, 5.74) is 2.60. The van der Waals surface area contributed by atoms with E-state index in [9.17, 15) is 4.79 Å². The van der Waals surface area contributed by atoms with Crippen LogP contribution in [-0.2, 0) is 6.42 Å². The summed E-state index contributed by atoms with van der Waals surface area (Å²) in [7, 11) is 0. The molecule has 1 aromatic rings. The smallest absolute Gasteiger partial charge is 0.315 e. The van der Waals surface area contributed by atoms with Crippen LogP contribution in [0.2, 0.25) is 0 Å². The first kappa shape index (κ1) is 12.2. The molecule has 4 heteroatoms. The van der Waals surface area contributed by atoms with E-state index in [0.717, 1.165) is 19.3 Å². The minimum Gasteiger partial charge on any atom is -0.337 e. The molecule has 2 rings (SSSR count). The zero-order chi connectivity index (χ0) is 12.1. The van der Waals surface area contributed by atoms with Gasteiger partial charge < -0.3 is 10.6 Å². The third kappa shape index (κ3) is 3.13. The summed E-state index contributed by atoms with van der Waals surface area (Å²) in [6.07, 6.45) is 3.24. The van der Waals surface area contributed by atoms with Gasteiger partial charge >= 0.3 is 6.03 Å². The molecule has 0 heterocycles. The molecule has 1 aliphatic carbocycles. The van der Waals surface area contributed by atoms with Gasteiger partial charge in [-0.1, -0.05) is 24.3 Å². The summed E-state index contributed by atoms with van der Waals surface area (Å²) in [4.78, 5) is 11.6. The highest BCUT2D eigenvalue weighted by atomic mass is 35.5. The van der Waals surface area contributed by atoms with E-state index in [0.29, 0.717) is 12.4 Å². The summed E-state index contributed by atoms with van der Waals surface area (Å²) in [5, 5.41) is 5.73. The molecule has 1 aromatic carbocycles. The maximum atomic E-state index is 11.6. The highest BCUT2D eigenvalue weighted by molar-refractivity contribution is 6.18. The fraction of sp³-hybridized carbons (Fsp3) is 0.462. The second-order valence-corrected chi connectivity index (χ2v) is 4.61. The van der Waals surface area contributed by atoms with Crippen LogP contribution in [0.3, 0.4) is 0 Å². The van der Waals surface area contributed by atoms with Crippen LogP contribution in [0, 0.1) is 0 Å². The number of rotatable bonds is 3. The zero-order valence-corrected chi connectivity index (χ0v) is 10.5. The average Bonchev–Trinajstić information content (AvgIpc) is 2.37. The summed E-state index contributed by atoms with van der Waals surface area (Å²) in [6, 6.07) is 8.31. The zero-order valence-electron chi connectivity index (χ0n) is 9.71. The topological polar surface area (TPSA) is 41.1 Å². The van der Waals surface area contributed by atoms with Crippen molar-refractivity contribution in [3.8, 4) is 0 Å². The third-order valence-corrected chi connectivity index (χ3v) is 3.24. The number of aryl methyl sites for hydroxylation is 1. The Hall–Kier alpha value is -1.22. The quantitative estimate of drug-likeness (QED) is 0.798. The number of benzene rings is 1. The van der Waals surface area contributed by atoms with E-state index in [1.165, 1.54) is 11.1 Å². The van der Waals surface area contributed by atoms with Crippen LogP contribution in [0.1, 0.15) is 30.0 Å². The van der Waals surface area contributed by atoms with Crippen LogP contribution in [0.4, 0.5) is 4.79 Å². The number of carbonyl (C=O) groups excluding carboxylic acids is 1. The predicted molar refractivity (Wildman–Crippen MR) is 69.4 cm³/mol. The van der Waals surface area contributed by atoms with E-state index >= 15 is 0 Å². The molecule has 0 spiro atoms. The number of halogens is 1. The minimum absolute atomic E-state index is 0.132. The molecular weight excluding hydrogens is 236 g/mol. The van der Waals surface area contributed by atoms with Crippen LogP contribution in [0.5, 0.6) is 0 Å². The van der Waals surface area contributed by atoms with Gasteiger partial charge in [0.1, 0.15) is 0 Å². The molecule has 92 valence electrons. The average molecular weight is 253 g/mol. The molecule has 1 unspecified atom stereocenters. The lowest BCUT2D eigenvalue weighted by molar-refractivity contribution is 0.236. The van der Waals surface area contributed by atoms with Gasteiger partial charge in [0, 0.05) is 12.4 Å². The molecule has 1 aliphatic rings. The molecule has 3 nitrogen and oxygen atoms in total. The minimum atomic E-state index is -0.132. The lowest BCUT2D eigenvalue weighted by Gasteiger charge is -2.26. The van der Waals surface area contributed by atoms with E-state index in [2.05, 4.69) is 28.8 Å². The van der Waals surface area contributed by atoms with E-state index in [4.69, 9.17) is 11.6 Å². The van der Waals surface area contributed by atoms with Gasteiger partial charge in [0.25, 0.3) is 0 Å². The number of hydrogen-bond donors (Lipinski definition) is 2. The third-order valence-electron chi connectivity index (χ3n) is 3.05. The van der Waals surface area contributed by atoms with Crippen molar-refractivity contribution in [1.82, 2.24) is 10.6 Å². The normalized spacial score (nSPS) is 18.3. The Morgan fingerprint density at radius 1 is 1.41 bits per heavy atom. The largest absolute Gasteiger partial charge is 0.337 e. The highest BCUT2D eigenvalue weighted by Crippen LogP contribution is 2.29. The van der Waals surface area contributed by atoms with E-state index in [1.54, 1.807) is 0 Å². The van der Waals surface area contributed by atoms with Gasteiger partial charge in [-0.3, -0.25) is 0 Å². The molecular formula is C13H17ClN2O. The van der Waals surface area contributed by atoms with Gasteiger partial charge in [-0.25, -0.2) is 4.79 Å². The van der Waals surface area contributed by atoms with E-state index in [1.807, 2.05) is 6.07 Å². The highest BCUT2D eigenvalue weighted by Gasteiger charge is 2.20. The van der Waals surface area contributed by atoms with Crippen LogP contribution >= 0.6 is 11.6 Å². The number of nitrogens with one attached hydrogen (secondary N) is 2. The summed E-state index contributed by atoms with van der Waals surface area (Å²) < 4.78 is 0. The Kier molecular flexibility index (Phi) is 4.26. The first-order chi connectivity index (χ1) is 8.31. The number of fused-ring (bicyclic) bond motifs is 1. The number of amides is 2. The van der Waals surface area contributed by atoms with Gasteiger partial charge in [-0.15, -0.1) is 11.6 Å². The molecule has 0 saturated carbocycles. The van der Waals surface area contributed by atoms with Gasteiger partial charge in [0.15, 0.2) is 0 Å². The summed E-state index contributed by atoms with van der Waals surface area (Å²) >= 11 is 5.53. The summed E-state index contributed by atoms with van der Waals surface area (Å²) in [5.74, 6) is 0.439. The summed E-state index contributed by atoms with van der Waals surface area (Å²) in [6.45, 7) is 0.502. The fourth-order valence-electron chi connectivity index (χ4n) is 2.27. The second-order valence-electron chi connectivity index (χ2n) is 4.23. The Morgan fingerprint density at radius 2 is 2.24 bits per heavy atom. The van der Waals surface area contributed by atoms with E-state index < -0.39 is 0 Å². The lowest BCUT2D eigenvalue weighted by Crippen LogP contribution is -2.39. The molecule has 2 N–H and O–H groups in total. The molecule has 0 fully saturated rings. The van der Waals surface area contributed by atoms with Crippen LogP contribution in [0.25, 0.3) is 0 Å². The maximum Gasteiger partial charge on any atom is 0.315 e. The lowest BCUT2D eigenvalue weighted by atomic mass is 9.88. The van der Waals surface area contributed by atoms with Gasteiger partial charge in [0.2, 0.25) is 0 Å². The van der Waals surface area contributed by atoms with E-state index in [-0.39, 0.29) is 12.1 Å². The number of alkyl halides is 1.